The van der Waals surface area contributed by atoms with Crippen molar-refractivity contribution >= 4 is 11.4 Å². The van der Waals surface area contributed by atoms with Gasteiger partial charge in [-0.15, -0.1) is 0 Å². The fraction of sp³-hybridized carbons (Fsp3) is 0.348. The summed E-state index contributed by atoms with van der Waals surface area (Å²) in [6.45, 7) is 2.02. The van der Waals surface area contributed by atoms with E-state index in [2.05, 4.69) is 0 Å². The number of hydrogen-bond acceptors (Lipinski definition) is 4. The first-order valence-corrected chi connectivity index (χ1v) is 9.76. The van der Waals surface area contributed by atoms with Crippen molar-refractivity contribution in [1.29, 1.82) is 0 Å². The Morgan fingerprint density at radius 1 is 1.07 bits per heavy atom. The van der Waals surface area contributed by atoms with Gasteiger partial charge in [0.25, 0.3) is 0 Å². The number of allylic oxidation sites excluding steroid dienone is 1. The molecule has 5 rings (SSSR count). The van der Waals surface area contributed by atoms with Crippen LogP contribution < -0.4 is 4.74 Å². The number of aliphatic hydroxyl groups excluding tert-OH is 1. The van der Waals surface area contributed by atoms with Crippen molar-refractivity contribution in [1.82, 2.24) is 0 Å². The van der Waals surface area contributed by atoms with Crippen molar-refractivity contribution in [2.75, 3.05) is 0 Å². The zero-order chi connectivity index (χ0) is 19.4. The molecule has 1 unspecified atom stereocenters. The molecule has 2 bridgehead atoms. The Morgan fingerprint density at radius 3 is 2.43 bits per heavy atom. The van der Waals surface area contributed by atoms with Crippen molar-refractivity contribution in [3.8, 4) is 11.5 Å². The normalized spacial score (nSPS) is 28.1. The number of aryl methyl sites for hydroxylation is 1. The number of rotatable bonds is 4. The van der Waals surface area contributed by atoms with E-state index in [9.17, 15) is 14.3 Å². The summed E-state index contributed by atoms with van der Waals surface area (Å²) in [4.78, 5) is 13.2. The summed E-state index contributed by atoms with van der Waals surface area (Å²) in [5.41, 5.74) is 2.12. The molecule has 2 heterocycles. The highest BCUT2D eigenvalue weighted by Gasteiger charge is 2.59. The monoisotopic (exact) mass is 380 g/mol. The number of carbonyl (C=O) groups is 1. The number of fused-ring (bicyclic) bond motifs is 5. The second-order valence-corrected chi connectivity index (χ2v) is 7.69. The van der Waals surface area contributed by atoms with Crippen LogP contribution in [0.1, 0.15) is 30.9 Å². The molecule has 2 aromatic carbocycles. The molecular weight excluding hydrogens is 359 g/mol. The number of halogens is 1. The van der Waals surface area contributed by atoms with Crippen molar-refractivity contribution in [2.45, 2.75) is 38.4 Å². The van der Waals surface area contributed by atoms with E-state index in [1.165, 1.54) is 12.1 Å². The maximum absolute atomic E-state index is 13.2. The maximum atomic E-state index is 13.2. The standard InChI is InChI=1S/C23H21FO4/c1-2-12-3-6-15(27-14-7-4-13(24)5-8-14)11-16(12)19-22(25)20-17-9-10-18(28-17)21(20)23(19)26/h3-8,11,17-18,20-21,25H,2,9-10H2,1H3/t17-,18+,20?,21+/m1/s1. The van der Waals surface area contributed by atoms with Gasteiger partial charge in [-0.05, 0) is 66.8 Å². The molecule has 0 aromatic heterocycles. The molecular formula is C23H21FO4. The highest BCUT2D eigenvalue weighted by Crippen LogP contribution is 2.54. The lowest BCUT2D eigenvalue weighted by atomic mass is 9.80. The van der Waals surface area contributed by atoms with Crippen LogP contribution in [0.4, 0.5) is 4.39 Å². The topological polar surface area (TPSA) is 55.8 Å². The molecule has 0 saturated carbocycles. The third-order valence-corrected chi connectivity index (χ3v) is 6.18. The number of Topliss-reactive ketones (excluding diaryl/α,β-unsaturated/α-hetero) is 1. The first-order valence-electron chi connectivity index (χ1n) is 9.76. The molecule has 4 atom stereocenters. The van der Waals surface area contributed by atoms with Crippen molar-refractivity contribution in [3.63, 3.8) is 0 Å². The molecule has 1 N–H and O–H groups in total. The molecule has 28 heavy (non-hydrogen) atoms. The molecule has 2 aromatic rings. The van der Waals surface area contributed by atoms with Gasteiger partial charge in [0, 0.05) is 0 Å². The average Bonchev–Trinajstić information content (AvgIpc) is 3.37. The van der Waals surface area contributed by atoms with Crippen LogP contribution in [-0.4, -0.2) is 23.1 Å². The van der Waals surface area contributed by atoms with Gasteiger partial charge in [-0.25, -0.2) is 4.39 Å². The zero-order valence-corrected chi connectivity index (χ0v) is 15.5. The molecule has 0 amide bonds. The maximum Gasteiger partial charge on any atom is 0.173 e. The van der Waals surface area contributed by atoms with Gasteiger partial charge in [-0.1, -0.05) is 13.0 Å². The molecule has 4 nitrogen and oxygen atoms in total. The van der Waals surface area contributed by atoms with Crippen LogP contribution >= 0.6 is 0 Å². The van der Waals surface area contributed by atoms with Gasteiger partial charge in [0.15, 0.2) is 5.78 Å². The summed E-state index contributed by atoms with van der Waals surface area (Å²) in [6, 6.07) is 11.3. The van der Waals surface area contributed by atoms with Crippen LogP contribution in [0.2, 0.25) is 0 Å². The summed E-state index contributed by atoms with van der Waals surface area (Å²) in [6.07, 6.45) is 2.37. The third kappa shape index (κ3) is 2.57. The van der Waals surface area contributed by atoms with Crippen LogP contribution in [0.5, 0.6) is 11.5 Å². The lowest BCUT2D eigenvalue weighted by Crippen LogP contribution is -2.29. The van der Waals surface area contributed by atoms with E-state index in [0.717, 1.165) is 30.4 Å². The predicted octanol–water partition coefficient (Wildman–Crippen LogP) is 4.83. The van der Waals surface area contributed by atoms with Crippen LogP contribution in [0.15, 0.2) is 48.2 Å². The van der Waals surface area contributed by atoms with Gasteiger partial charge in [0.1, 0.15) is 23.1 Å². The Balaban J connectivity index is 1.53. The summed E-state index contributed by atoms with van der Waals surface area (Å²) in [5, 5.41) is 10.9. The Hall–Kier alpha value is -2.66. The zero-order valence-electron chi connectivity index (χ0n) is 15.5. The van der Waals surface area contributed by atoms with E-state index >= 15 is 0 Å². The first-order chi connectivity index (χ1) is 13.6. The minimum absolute atomic E-state index is 0.0247. The van der Waals surface area contributed by atoms with Crippen LogP contribution in [0, 0.1) is 17.7 Å². The predicted molar refractivity (Wildman–Crippen MR) is 102 cm³/mol. The molecule has 5 heteroatoms. The summed E-state index contributed by atoms with van der Waals surface area (Å²) < 4.78 is 24.8. The lowest BCUT2D eigenvalue weighted by Gasteiger charge is -2.19. The second kappa shape index (κ2) is 6.45. The van der Waals surface area contributed by atoms with E-state index in [0.29, 0.717) is 17.1 Å². The summed E-state index contributed by atoms with van der Waals surface area (Å²) >= 11 is 0. The molecule has 144 valence electrons. The summed E-state index contributed by atoms with van der Waals surface area (Å²) in [7, 11) is 0. The lowest BCUT2D eigenvalue weighted by molar-refractivity contribution is -0.118. The number of carbonyl (C=O) groups excluding carboxylic acids is 1. The van der Waals surface area contributed by atoms with Gasteiger partial charge >= 0.3 is 0 Å². The minimum Gasteiger partial charge on any atom is -0.511 e. The molecule has 1 aliphatic carbocycles. The van der Waals surface area contributed by atoms with Gasteiger partial charge in [0.2, 0.25) is 0 Å². The van der Waals surface area contributed by atoms with Crippen LogP contribution in [0.25, 0.3) is 5.57 Å². The van der Waals surface area contributed by atoms with E-state index in [4.69, 9.17) is 9.47 Å². The molecule has 0 radical (unpaired) electrons. The fourth-order valence-electron chi connectivity index (χ4n) is 4.89. The van der Waals surface area contributed by atoms with Crippen molar-refractivity contribution < 1.29 is 23.8 Å². The average molecular weight is 380 g/mol. The molecule has 2 saturated heterocycles. The number of ether oxygens (including phenoxy) is 2. The van der Waals surface area contributed by atoms with Crippen LogP contribution in [0.3, 0.4) is 0 Å². The summed E-state index contributed by atoms with van der Waals surface area (Å²) in [5.74, 6) is 0.385. The molecule has 2 aliphatic heterocycles. The number of aliphatic hydroxyl groups is 1. The fourth-order valence-corrected chi connectivity index (χ4v) is 4.89. The quantitative estimate of drug-likeness (QED) is 0.826. The smallest absolute Gasteiger partial charge is 0.173 e. The Labute approximate surface area is 162 Å². The van der Waals surface area contributed by atoms with Gasteiger partial charge in [0.05, 0.1) is 29.6 Å². The molecule has 3 aliphatic rings. The van der Waals surface area contributed by atoms with Crippen molar-refractivity contribution in [3.05, 3.63) is 65.2 Å². The Kier molecular flexibility index (Phi) is 4.02. The van der Waals surface area contributed by atoms with E-state index in [1.807, 2.05) is 19.1 Å². The number of benzene rings is 2. The largest absolute Gasteiger partial charge is 0.511 e. The third-order valence-electron chi connectivity index (χ3n) is 6.18. The molecule has 2 fully saturated rings. The SMILES string of the molecule is CCc1ccc(Oc2ccc(F)cc2)cc1C1=C(O)C2[C@@H](C1=O)[C@@H]1CC[C@H]2O1. The minimum atomic E-state index is -0.329. The Bertz CT molecular complexity index is 979. The number of ketones is 1. The number of hydrogen-bond donors (Lipinski definition) is 1. The highest BCUT2D eigenvalue weighted by atomic mass is 19.1. The Morgan fingerprint density at radius 2 is 1.75 bits per heavy atom. The van der Waals surface area contributed by atoms with Gasteiger partial charge in [-0.3, -0.25) is 4.79 Å². The van der Waals surface area contributed by atoms with E-state index < -0.39 is 0 Å². The van der Waals surface area contributed by atoms with E-state index in [-0.39, 0.29) is 41.4 Å². The van der Waals surface area contributed by atoms with Crippen LogP contribution in [-0.2, 0) is 16.0 Å². The van der Waals surface area contributed by atoms with E-state index in [1.54, 1.807) is 18.2 Å². The van der Waals surface area contributed by atoms with Crippen molar-refractivity contribution in [2.24, 2.45) is 11.8 Å². The van der Waals surface area contributed by atoms with Gasteiger partial charge in [-0.2, -0.15) is 0 Å². The first kappa shape index (κ1) is 17.4. The molecule has 0 spiro atoms. The highest BCUT2D eigenvalue weighted by molar-refractivity contribution is 6.25. The van der Waals surface area contributed by atoms with Gasteiger partial charge < -0.3 is 14.6 Å². The second-order valence-electron chi connectivity index (χ2n) is 7.69.